The number of nitrogens with zero attached hydrogens (tertiary/aromatic N) is 6. The van der Waals surface area contributed by atoms with Gasteiger partial charge in [-0.2, -0.15) is 0 Å². The minimum Gasteiger partial charge on any atom is -0.486 e. The second-order valence-corrected chi connectivity index (χ2v) is 9.54. The second-order valence-electron chi connectivity index (χ2n) is 9.54. The van der Waals surface area contributed by atoms with Crippen LogP contribution in [-0.4, -0.2) is 48.3 Å². The fourth-order valence-electron chi connectivity index (χ4n) is 5.19. The van der Waals surface area contributed by atoms with Crippen molar-refractivity contribution in [2.24, 2.45) is 0 Å². The maximum atomic E-state index is 13.1. The van der Waals surface area contributed by atoms with Crippen LogP contribution in [0.15, 0.2) is 47.5 Å². The highest BCUT2D eigenvalue weighted by molar-refractivity contribution is 5.83. The summed E-state index contributed by atoms with van der Waals surface area (Å²) in [6.07, 6.45) is 9.49. The van der Waals surface area contributed by atoms with E-state index < -0.39 is 0 Å². The number of hydrogen-bond donors (Lipinski definition) is 1. The summed E-state index contributed by atoms with van der Waals surface area (Å²) in [5.41, 5.74) is 2.33. The molecule has 0 unspecified atom stereocenters. The van der Waals surface area contributed by atoms with Crippen LogP contribution in [0.3, 0.4) is 0 Å². The molecule has 2 aliphatic rings. The quantitative estimate of drug-likeness (QED) is 0.422. The number of hydrogen-bond acceptors (Lipinski definition) is 8. The highest BCUT2D eigenvalue weighted by atomic mass is 16.6. The first-order valence-corrected chi connectivity index (χ1v) is 12.6. The third kappa shape index (κ3) is 4.81. The van der Waals surface area contributed by atoms with E-state index in [1.165, 1.54) is 19.3 Å². The molecule has 1 aromatic carbocycles. The van der Waals surface area contributed by atoms with E-state index in [4.69, 9.17) is 9.47 Å². The molecule has 1 N–H and O–H groups in total. The van der Waals surface area contributed by atoms with Crippen molar-refractivity contribution in [1.82, 2.24) is 35.1 Å². The zero-order chi connectivity index (χ0) is 24.3. The number of nitrogens with one attached hydrogen (secondary N) is 1. The number of benzene rings is 1. The lowest BCUT2D eigenvalue weighted by Gasteiger charge is -2.25. The molecular formula is C26H29N7O3. The predicted octanol–water partition coefficient (Wildman–Crippen LogP) is 3.39. The van der Waals surface area contributed by atoms with Gasteiger partial charge >= 0.3 is 0 Å². The van der Waals surface area contributed by atoms with E-state index in [2.05, 4.69) is 30.4 Å². The van der Waals surface area contributed by atoms with Crippen molar-refractivity contribution >= 4 is 10.9 Å². The van der Waals surface area contributed by atoms with Gasteiger partial charge in [0, 0.05) is 42.5 Å². The van der Waals surface area contributed by atoms with E-state index in [1.54, 1.807) is 6.20 Å². The van der Waals surface area contributed by atoms with Crippen molar-refractivity contribution in [3.63, 3.8) is 0 Å². The van der Waals surface area contributed by atoms with E-state index in [0.717, 1.165) is 35.1 Å². The third-order valence-electron chi connectivity index (χ3n) is 6.95. The monoisotopic (exact) mass is 487 g/mol. The minimum absolute atomic E-state index is 0.123. The molecule has 0 radical (unpaired) electrons. The summed E-state index contributed by atoms with van der Waals surface area (Å²) < 4.78 is 13.4. The fraction of sp³-hybridized carbons (Fsp3) is 0.423. The van der Waals surface area contributed by atoms with Crippen LogP contribution in [0.25, 0.3) is 10.9 Å². The van der Waals surface area contributed by atoms with E-state index >= 15 is 0 Å². The SMILES string of the molecule is O=c1[nH]c2cc3c(cc2cc1CN(Cc1cccnc1)Cc1nnnn1C1CCCCC1)OCCO3. The summed E-state index contributed by atoms with van der Waals surface area (Å²) in [6.45, 7) is 2.60. The Hall–Kier alpha value is -3.79. The maximum absolute atomic E-state index is 13.1. The molecule has 0 spiro atoms. The van der Waals surface area contributed by atoms with Gasteiger partial charge in [0.15, 0.2) is 17.3 Å². The Balaban J connectivity index is 1.31. The Labute approximate surface area is 208 Å². The summed E-state index contributed by atoms with van der Waals surface area (Å²) in [5, 5.41) is 13.6. The zero-order valence-electron chi connectivity index (χ0n) is 20.1. The van der Waals surface area contributed by atoms with Crippen molar-refractivity contribution < 1.29 is 9.47 Å². The second kappa shape index (κ2) is 10.1. The molecule has 1 saturated carbocycles. The van der Waals surface area contributed by atoms with E-state index in [-0.39, 0.29) is 5.56 Å². The average Bonchev–Trinajstić information content (AvgIpc) is 3.37. The van der Waals surface area contributed by atoms with Crippen molar-refractivity contribution in [1.29, 1.82) is 0 Å². The minimum atomic E-state index is -0.123. The number of aromatic amines is 1. The normalized spacial score (nSPS) is 16.0. The lowest BCUT2D eigenvalue weighted by atomic mass is 9.95. The first kappa shape index (κ1) is 22.7. The van der Waals surface area contributed by atoms with Gasteiger partial charge in [-0.15, -0.1) is 5.10 Å². The van der Waals surface area contributed by atoms with Crippen LogP contribution in [0.5, 0.6) is 11.5 Å². The molecule has 1 fully saturated rings. The van der Waals surface area contributed by atoms with Gasteiger partial charge in [-0.1, -0.05) is 25.3 Å². The van der Waals surface area contributed by atoms with Gasteiger partial charge in [0.25, 0.3) is 5.56 Å². The van der Waals surface area contributed by atoms with Crippen LogP contribution in [0, 0.1) is 0 Å². The van der Waals surface area contributed by atoms with Crippen LogP contribution in [0.2, 0.25) is 0 Å². The van der Waals surface area contributed by atoms with E-state index in [1.807, 2.05) is 41.2 Å². The highest BCUT2D eigenvalue weighted by Crippen LogP contribution is 2.34. The van der Waals surface area contributed by atoms with Crippen LogP contribution in [0.4, 0.5) is 0 Å². The van der Waals surface area contributed by atoms with Crippen molar-refractivity contribution in [3.05, 3.63) is 70.0 Å². The first-order chi connectivity index (χ1) is 17.7. The topological polar surface area (TPSA) is 111 Å². The summed E-state index contributed by atoms with van der Waals surface area (Å²) in [6, 6.07) is 10.00. The van der Waals surface area contributed by atoms with Crippen molar-refractivity contribution in [2.75, 3.05) is 13.2 Å². The number of aromatic nitrogens is 6. The van der Waals surface area contributed by atoms with Crippen molar-refractivity contribution in [3.8, 4) is 11.5 Å². The molecule has 10 nitrogen and oxygen atoms in total. The Kier molecular flexibility index (Phi) is 6.33. The van der Waals surface area contributed by atoms with Gasteiger partial charge in [0.05, 0.1) is 18.1 Å². The summed E-state index contributed by atoms with van der Waals surface area (Å²) >= 11 is 0. The number of rotatable bonds is 7. The molecule has 0 bridgehead atoms. The van der Waals surface area contributed by atoms with Crippen LogP contribution >= 0.6 is 0 Å². The van der Waals surface area contributed by atoms with E-state index in [0.29, 0.717) is 56.0 Å². The number of pyridine rings is 2. The summed E-state index contributed by atoms with van der Waals surface area (Å²) in [4.78, 5) is 22.6. The maximum Gasteiger partial charge on any atom is 0.252 e. The van der Waals surface area contributed by atoms with Crippen LogP contribution in [-0.2, 0) is 19.6 Å². The standard InChI is InChI=1S/C26H29N7O3/c34-26-20(11-19-12-23-24(13-22(19)28-26)36-10-9-35-23)16-32(15-18-5-4-8-27-14-18)17-25-29-30-31-33(25)21-6-2-1-3-7-21/h4-5,8,11-14,21H,1-3,6-7,9-10,15-17H2,(H,28,34). The predicted molar refractivity (Wildman–Crippen MR) is 133 cm³/mol. The fourth-order valence-corrected chi connectivity index (χ4v) is 5.19. The van der Waals surface area contributed by atoms with Gasteiger partial charge < -0.3 is 14.5 Å². The molecule has 6 rings (SSSR count). The summed E-state index contributed by atoms with van der Waals surface area (Å²) in [7, 11) is 0. The number of fused-ring (bicyclic) bond motifs is 2. The lowest BCUT2D eigenvalue weighted by Crippen LogP contribution is -2.29. The molecule has 1 aliphatic heterocycles. The lowest BCUT2D eigenvalue weighted by molar-refractivity contribution is 0.172. The van der Waals surface area contributed by atoms with Gasteiger partial charge in [-0.25, -0.2) is 4.68 Å². The Bertz CT molecular complexity index is 1400. The number of H-pyrrole nitrogens is 1. The molecule has 186 valence electrons. The molecule has 0 saturated heterocycles. The number of ether oxygens (including phenoxy) is 2. The van der Waals surface area contributed by atoms with Gasteiger partial charge in [-0.05, 0) is 47.0 Å². The summed E-state index contributed by atoms with van der Waals surface area (Å²) in [5.74, 6) is 2.18. The smallest absolute Gasteiger partial charge is 0.252 e. The van der Waals surface area contributed by atoms with Crippen LogP contribution in [0.1, 0.15) is 55.1 Å². The Morgan fingerprint density at radius 3 is 2.67 bits per heavy atom. The average molecular weight is 488 g/mol. The molecule has 4 heterocycles. The molecule has 3 aromatic heterocycles. The third-order valence-corrected chi connectivity index (χ3v) is 6.95. The zero-order valence-corrected chi connectivity index (χ0v) is 20.1. The molecular weight excluding hydrogens is 458 g/mol. The van der Waals surface area contributed by atoms with Crippen LogP contribution < -0.4 is 15.0 Å². The Morgan fingerprint density at radius 2 is 1.86 bits per heavy atom. The largest absolute Gasteiger partial charge is 0.486 e. The first-order valence-electron chi connectivity index (χ1n) is 12.6. The molecule has 1 aliphatic carbocycles. The van der Waals surface area contributed by atoms with E-state index in [9.17, 15) is 4.79 Å². The molecule has 0 atom stereocenters. The highest BCUT2D eigenvalue weighted by Gasteiger charge is 2.22. The van der Waals surface area contributed by atoms with Crippen molar-refractivity contribution in [2.45, 2.75) is 57.8 Å². The number of tetrazole rings is 1. The molecule has 10 heteroatoms. The Morgan fingerprint density at radius 1 is 1.03 bits per heavy atom. The molecule has 4 aromatic rings. The molecule has 36 heavy (non-hydrogen) atoms. The molecule has 0 amide bonds. The van der Waals surface area contributed by atoms with Gasteiger partial charge in [0.2, 0.25) is 0 Å². The van der Waals surface area contributed by atoms with Gasteiger partial charge in [-0.3, -0.25) is 14.7 Å². The van der Waals surface area contributed by atoms with Gasteiger partial charge in [0.1, 0.15) is 13.2 Å².